The number of hydrogen-bond acceptors (Lipinski definition) is 1. The van der Waals surface area contributed by atoms with E-state index in [0.717, 1.165) is 19.4 Å². The Hall–Kier alpha value is -0.530. The molecule has 0 aromatic carbocycles. The zero-order valence-corrected chi connectivity index (χ0v) is 4.76. The number of carbonyl (C=O) groups excluding carboxylic acids is 1. The summed E-state index contributed by atoms with van der Waals surface area (Å²) in [5.74, 6) is 0.376. The summed E-state index contributed by atoms with van der Waals surface area (Å²) in [6, 6.07) is 0.655. The summed E-state index contributed by atoms with van der Waals surface area (Å²) in [5.41, 5.74) is 0. The van der Waals surface area contributed by atoms with Gasteiger partial charge in [-0.25, -0.2) is 0 Å². The summed E-state index contributed by atoms with van der Waals surface area (Å²) in [5, 5.41) is 0. The molecule has 1 amide bonds. The quantitative estimate of drug-likeness (QED) is 0.442. The van der Waals surface area contributed by atoms with Crippen LogP contribution in [0.2, 0.25) is 0 Å². The topological polar surface area (TPSA) is 20.3 Å². The summed E-state index contributed by atoms with van der Waals surface area (Å²) < 4.78 is 0. The van der Waals surface area contributed by atoms with Gasteiger partial charge in [-0.15, -0.1) is 0 Å². The number of fused-ring (bicyclic) bond motifs is 1. The van der Waals surface area contributed by atoms with Crippen LogP contribution >= 0.6 is 0 Å². The molecule has 44 valence electrons. The van der Waals surface area contributed by atoms with E-state index in [2.05, 4.69) is 0 Å². The van der Waals surface area contributed by atoms with Gasteiger partial charge in [0, 0.05) is 19.0 Å². The van der Waals surface area contributed by atoms with Crippen molar-refractivity contribution in [2.75, 3.05) is 6.54 Å². The highest BCUT2D eigenvalue weighted by atomic mass is 16.2. The fourth-order valence-corrected chi connectivity index (χ4v) is 1.50. The first-order valence-electron chi connectivity index (χ1n) is 3.17. The van der Waals surface area contributed by atoms with Crippen LogP contribution in [0.15, 0.2) is 0 Å². The fraction of sp³-hybridized carbons (Fsp3) is 0.833. The molecule has 2 aliphatic heterocycles. The maximum absolute atomic E-state index is 10.8. The number of amides is 1. The van der Waals surface area contributed by atoms with Crippen LogP contribution < -0.4 is 0 Å². The lowest BCUT2D eigenvalue weighted by Gasteiger charge is -2.34. The Balaban J connectivity index is 2.15. The lowest BCUT2D eigenvalue weighted by molar-refractivity contribution is -0.132. The Bertz CT molecular complexity index is 132. The highest BCUT2D eigenvalue weighted by molar-refractivity contribution is 5.79. The van der Waals surface area contributed by atoms with Gasteiger partial charge in [-0.3, -0.25) is 4.79 Å². The molecule has 0 spiro atoms. The van der Waals surface area contributed by atoms with E-state index in [1.807, 2.05) is 4.90 Å². The Labute approximate surface area is 48.5 Å². The molecule has 1 unspecified atom stereocenters. The van der Waals surface area contributed by atoms with Crippen molar-refractivity contribution in [2.45, 2.75) is 25.3 Å². The zero-order chi connectivity index (χ0) is 5.56. The second-order valence-corrected chi connectivity index (χ2v) is 2.57. The minimum absolute atomic E-state index is 0.376. The molecule has 0 aliphatic carbocycles. The van der Waals surface area contributed by atoms with Crippen molar-refractivity contribution in [3.8, 4) is 0 Å². The van der Waals surface area contributed by atoms with Gasteiger partial charge >= 0.3 is 0 Å². The summed E-state index contributed by atoms with van der Waals surface area (Å²) in [4.78, 5) is 12.7. The van der Waals surface area contributed by atoms with Gasteiger partial charge in [-0.05, 0) is 12.8 Å². The predicted octanol–water partition coefficient (Wildman–Crippen LogP) is 0.381. The van der Waals surface area contributed by atoms with Crippen molar-refractivity contribution in [3.63, 3.8) is 0 Å². The smallest absolute Gasteiger partial charge is 0.222 e. The van der Waals surface area contributed by atoms with Crippen molar-refractivity contribution >= 4 is 5.91 Å². The average molecular weight is 111 g/mol. The molecular formula is C6H9NO. The Morgan fingerprint density at radius 3 is 2.62 bits per heavy atom. The summed E-state index contributed by atoms with van der Waals surface area (Å²) in [7, 11) is 0. The van der Waals surface area contributed by atoms with Gasteiger partial charge in [0.2, 0.25) is 5.91 Å². The molecule has 0 bridgehead atoms. The molecule has 0 N–H and O–H groups in total. The second-order valence-electron chi connectivity index (χ2n) is 2.57. The van der Waals surface area contributed by atoms with E-state index in [0.29, 0.717) is 11.9 Å². The molecule has 2 fully saturated rings. The highest BCUT2D eigenvalue weighted by Crippen LogP contribution is 2.28. The molecule has 0 aromatic rings. The lowest BCUT2D eigenvalue weighted by Crippen LogP contribution is -2.44. The molecule has 2 saturated heterocycles. The second kappa shape index (κ2) is 1.24. The van der Waals surface area contributed by atoms with Crippen molar-refractivity contribution in [3.05, 3.63) is 0 Å². The average Bonchev–Trinajstić information content (AvgIpc) is 1.80. The van der Waals surface area contributed by atoms with Crippen LogP contribution in [0.5, 0.6) is 0 Å². The number of carbonyl (C=O) groups is 1. The van der Waals surface area contributed by atoms with Gasteiger partial charge in [-0.1, -0.05) is 0 Å². The SMILES string of the molecule is O=C1CCC2CCN12. The predicted molar refractivity (Wildman–Crippen MR) is 29.4 cm³/mol. The molecule has 0 saturated carbocycles. The molecule has 2 aliphatic rings. The van der Waals surface area contributed by atoms with Gasteiger partial charge in [0.25, 0.3) is 0 Å². The van der Waals surface area contributed by atoms with E-state index < -0.39 is 0 Å². The first-order valence-corrected chi connectivity index (χ1v) is 3.17. The van der Waals surface area contributed by atoms with E-state index >= 15 is 0 Å². The number of hydrogen-bond donors (Lipinski definition) is 0. The van der Waals surface area contributed by atoms with E-state index in [4.69, 9.17) is 0 Å². The lowest BCUT2D eigenvalue weighted by atomic mass is 10.1. The van der Waals surface area contributed by atoms with E-state index in [1.165, 1.54) is 6.42 Å². The first-order chi connectivity index (χ1) is 3.88. The zero-order valence-electron chi connectivity index (χ0n) is 4.76. The maximum Gasteiger partial charge on any atom is 0.222 e. The summed E-state index contributed by atoms with van der Waals surface area (Å²) in [6.45, 7) is 1.03. The minimum atomic E-state index is 0.376. The third kappa shape index (κ3) is 0.358. The van der Waals surface area contributed by atoms with E-state index in [1.54, 1.807) is 0 Å². The maximum atomic E-state index is 10.8. The standard InChI is InChI=1S/C6H9NO/c8-6-2-1-5-3-4-7(5)6/h5H,1-4H2. The van der Waals surface area contributed by atoms with E-state index in [9.17, 15) is 4.79 Å². The monoisotopic (exact) mass is 111 g/mol. The van der Waals surface area contributed by atoms with Gasteiger partial charge < -0.3 is 4.90 Å². The van der Waals surface area contributed by atoms with Crippen molar-refractivity contribution < 1.29 is 4.79 Å². The van der Waals surface area contributed by atoms with Crippen molar-refractivity contribution in [2.24, 2.45) is 0 Å². The van der Waals surface area contributed by atoms with Crippen LogP contribution in [-0.2, 0) is 4.79 Å². The molecule has 0 aromatic heterocycles. The molecule has 2 nitrogen and oxygen atoms in total. The van der Waals surface area contributed by atoms with Gasteiger partial charge in [0.15, 0.2) is 0 Å². The normalized spacial score (nSPS) is 34.8. The molecule has 2 heteroatoms. The van der Waals surface area contributed by atoms with Gasteiger partial charge in [0.1, 0.15) is 0 Å². The highest BCUT2D eigenvalue weighted by Gasteiger charge is 2.37. The Morgan fingerprint density at radius 1 is 1.50 bits per heavy atom. The third-order valence-corrected chi connectivity index (χ3v) is 2.16. The van der Waals surface area contributed by atoms with Crippen LogP contribution in [0.25, 0.3) is 0 Å². The van der Waals surface area contributed by atoms with Crippen molar-refractivity contribution in [1.29, 1.82) is 0 Å². The number of rotatable bonds is 0. The van der Waals surface area contributed by atoms with Crippen LogP contribution in [0.1, 0.15) is 19.3 Å². The molecule has 2 heterocycles. The molecule has 1 atom stereocenters. The van der Waals surface area contributed by atoms with Crippen molar-refractivity contribution in [1.82, 2.24) is 4.90 Å². The summed E-state index contributed by atoms with van der Waals surface area (Å²) >= 11 is 0. The number of nitrogens with zero attached hydrogens (tertiary/aromatic N) is 1. The van der Waals surface area contributed by atoms with E-state index in [-0.39, 0.29) is 0 Å². The minimum Gasteiger partial charge on any atom is -0.340 e. The molecule has 2 rings (SSSR count). The molecule has 0 radical (unpaired) electrons. The van der Waals surface area contributed by atoms with Crippen LogP contribution in [-0.4, -0.2) is 23.4 Å². The largest absolute Gasteiger partial charge is 0.340 e. The van der Waals surface area contributed by atoms with Gasteiger partial charge in [0.05, 0.1) is 0 Å². The fourth-order valence-electron chi connectivity index (χ4n) is 1.50. The molecule has 8 heavy (non-hydrogen) atoms. The van der Waals surface area contributed by atoms with Crippen LogP contribution in [0.3, 0.4) is 0 Å². The summed E-state index contributed by atoms with van der Waals surface area (Å²) in [6.07, 6.45) is 3.19. The Kier molecular flexibility index (Phi) is 0.678. The van der Waals surface area contributed by atoms with Crippen LogP contribution in [0.4, 0.5) is 0 Å². The third-order valence-electron chi connectivity index (χ3n) is 2.16. The molecular weight excluding hydrogens is 102 g/mol. The Morgan fingerprint density at radius 2 is 2.38 bits per heavy atom. The van der Waals surface area contributed by atoms with Gasteiger partial charge in [-0.2, -0.15) is 0 Å². The first kappa shape index (κ1) is 4.36. The van der Waals surface area contributed by atoms with Crippen LogP contribution in [0, 0.1) is 0 Å².